The highest BCUT2D eigenvalue weighted by molar-refractivity contribution is 5.60. The first-order chi connectivity index (χ1) is 9.78. The molecule has 4 heteroatoms. The Morgan fingerprint density at radius 3 is 2.60 bits per heavy atom. The van der Waals surface area contributed by atoms with E-state index in [1.54, 1.807) is 31.4 Å². The molecule has 0 aromatic heterocycles. The minimum absolute atomic E-state index is 0.520. The second-order valence-corrected chi connectivity index (χ2v) is 4.15. The van der Waals surface area contributed by atoms with Gasteiger partial charge in [-0.3, -0.25) is 0 Å². The minimum atomic E-state index is 0.520. The van der Waals surface area contributed by atoms with E-state index in [1.807, 2.05) is 18.2 Å². The third-order valence-corrected chi connectivity index (χ3v) is 2.94. The number of methoxy groups -OCH3 is 1. The summed E-state index contributed by atoms with van der Waals surface area (Å²) in [5.41, 5.74) is 2.90. The molecule has 0 heterocycles. The van der Waals surface area contributed by atoms with Gasteiger partial charge in [0.15, 0.2) is 0 Å². The molecule has 2 rings (SSSR count). The second kappa shape index (κ2) is 6.26. The van der Waals surface area contributed by atoms with Gasteiger partial charge < -0.3 is 10.1 Å². The van der Waals surface area contributed by atoms with Crippen LogP contribution >= 0.6 is 0 Å². The van der Waals surface area contributed by atoms with Gasteiger partial charge in [-0.2, -0.15) is 10.5 Å². The monoisotopic (exact) mass is 263 g/mol. The molecule has 2 aromatic carbocycles. The summed E-state index contributed by atoms with van der Waals surface area (Å²) < 4.78 is 5.25. The van der Waals surface area contributed by atoms with Crippen LogP contribution in [0.2, 0.25) is 0 Å². The van der Waals surface area contributed by atoms with Gasteiger partial charge in [-0.05, 0) is 23.8 Å². The summed E-state index contributed by atoms with van der Waals surface area (Å²) >= 11 is 0. The molecule has 0 aliphatic heterocycles. The zero-order valence-electron chi connectivity index (χ0n) is 11.1. The van der Waals surface area contributed by atoms with Gasteiger partial charge in [0.1, 0.15) is 5.75 Å². The molecule has 0 saturated carbocycles. The number of hydrogen-bond donors (Lipinski definition) is 1. The van der Waals surface area contributed by atoms with Gasteiger partial charge in [0.2, 0.25) is 0 Å². The number of nitriles is 2. The lowest BCUT2D eigenvalue weighted by molar-refractivity contribution is 0.416. The van der Waals surface area contributed by atoms with Crippen molar-refractivity contribution in [3.05, 3.63) is 59.2 Å². The molecule has 2 aromatic rings. The zero-order valence-corrected chi connectivity index (χ0v) is 11.1. The molecule has 0 fully saturated rings. The number of benzene rings is 2. The van der Waals surface area contributed by atoms with Crippen LogP contribution in [0.5, 0.6) is 5.75 Å². The molecule has 0 unspecified atom stereocenters. The first-order valence-corrected chi connectivity index (χ1v) is 6.08. The Morgan fingerprint density at radius 2 is 1.90 bits per heavy atom. The first kappa shape index (κ1) is 13.5. The van der Waals surface area contributed by atoms with Gasteiger partial charge in [-0.25, -0.2) is 0 Å². The molecule has 4 nitrogen and oxygen atoms in total. The van der Waals surface area contributed by atoms with Crippen molar-refractivity contribution in [3.63, 3.8) is 0 Å². The van der Waals surface area contributed by atoms with E-state index in [1.165, 1.54) is 0 Å². The molecule has 1 N–H and O–H groups in total. The van der Waals surface area contributed by atoms with Crippen molar-refractivity contribution in [2.45, 2.75) is 6.54 Å². The molecule has 0 atom stereocenters. The Bertz CT molecular complexity index is 696. The summed E-state index contributed by atoms with van der Waals surface area (Å²) in [6.07, 6.45) is 0. The lowest BCUT2D eigenvalue weighted by Crippen LogP contribution is -2.03. The van der Waals surface area contributed by atoms with E-state index < -0.39 is 0 Å². The highest BCUT2D eigenvalue weighted by atomic mass is 16.5. The van der Waals surface area contributed by atoms with E-state index in [9.17, 15) is 0 Å². The van der Waals surface area contributed by atoms with E-state index in [4.69, 9.17) is 15.3 Å². The van der Waals surface area contributed by atoms with Crippen molar-refractivity contribution in [2.75, 3.05) is 12.4 Å². The lowest BCUT2D eigenvalue weighted by atomic mass is 10.1. The average molecular weight is 263 g/mol. The quantitative estimate of drug-likeness (QED) is 0.920. The van der Waals surface area contributed by atoms with Crippen LogP contribution in [0.1, 0.15) is 16.7 Å². The van der Waals surface area contributed by atoms with E-state index in [0.717, 1.165) is 11.3 Å². The van der Waals surface area contributed by atoms with Crippen LogP contribution in [0.3, 0.4) is 0 Å². The largest absolute Gasteiger partial charge is 0.495 e. The number of ether oxygens (including phenoxy) is 1. The molecule has 0 amide bonds. The maximum Gasteiger partial charge on any atom is 0.143 e. The molecular formula is C16H13N3O. The lowest BCUT2D eigenvalue weighted by Gasteiger charge is -2.12. The number of anilines is 1. The molecule has 0 aliphatic rings. The van der Waals surface area contributed by atoms with Crippen LogP contribution in [0.4, 0.5) is 5.69 Å². The second-order valence-electron chi connectivity index (χ2n) is 4.15. The summed E-state index contributed by atoms with van der Waals surface area (Å²) in [6, 6.07) is 16.9. The molecule has 0 spiro atoms. The predicted octanol–water partition coefficient (Wildman–Crippen LogP) is 3.05. The Hall–Kier alpha value is -2.98. The van der Waals surface area contributed by atoms with Crippen molar-refractivity contribution in [3.8, 4) is 17.9 Å². The van der Waals surface area contributed by atoms with Crippen LogP contribution in [0, 0.1) is 22.7 Å². The molecule has 0 radical (unpaired) electrons. The third kappa shape index (κ3) is 2.88. The normalized spacial score (nSPS) is 9.35. The SMILES string of the molecule is COc1cc(C#N)ccc1NCc1ccccc1C#N. The van der Waals surface area contributed by atoms with E-state index >= 15 is 0 Å². The van der Waals surface area contributed by atoms with Crippen LogP contribution in [-0.2, 0) is 6.54 Å². The highest BCUT2D eigenvalue weighted by Gasteiger charge is 2.06. The maximum atomic E-state index is 9.05. The van der Waals surface area contributed by atoms with E-state index in [-0.39, 0.29) is 0 Å². The Balaban J connectivity index is 2.19. The van der Waals surface area contributed by atoms with Crippen molar-refractivity contribution < 1.29 is 4.74 Å². The molecular weight excluding hydrogens is 250 g/mol. The Labute approximate surface area is 117 Å². The number of rotatable bonds is 4. The molecule has 98 valence electrons. The minimum Gasteiger partial charge on any atom is -0.495 e. The third-order valence-electron chi connectivity index (χ3n) is 2.94. The fourth-order valence-corrected chi connectivity index (χ4v) is 1.88. The topological polar surface area (TPSA) is 68.8 Å². The summed E-state index contributed by atoms with van der Waals surface area (Å²) in [4.78, 5) is 0. The molecule has 0 aliphatic carbocycles. The van der Waals surface area contributed by atoms with Crippen molar-refractivity contribution >= 4 is 5.69 Å². The zero-order chi connectivity index (χ0) is 14.4. The fraction of sp³-hybridized carbons (Fsp3) is 0.125. The predicted molar refractivity (Wildman–Crippen MR) is 76.2 cm³/mol. The van der Waals surface area contributed by atoms with Gasteiger partial charge in [-0.15, -0.1) is 0 Å². The van der Waals surface area contributed by atoms with Gasteiger partial charge in [0.05, 0.1) is 36.1 Å². The van der Waals surface area contributed by atoms with Crippen LogP contribution in [0.25, 0.3) is 0 Å². The summed E-state index contributed by atoms with van der Waals surface area (Å²) in [7, 11) is 1.56. The Kier molecular flexibility index (Phi) is 4.21. The highest BCUT2D eigenvalue weighted by Crippen LogP contribution is 2.26. The van der Waals surface area contributed by atoms with Gasteiger partial charge in [0, 0.05) is 12.6 Å². The van der Waals surface area contributed by atoms with Crippen LogP contribution < -0.4 is 10.1 Å². The molecule has 0 bridgehead atoms. The van der Waals surface area contributed by atoms with Crippen LogP contribution in [-0.4, -0.2) is 7.11 Å². The smallest absolute Gasteiger partial charge is 0.143 e. The number of nitrogens with zero attached hydrogens (tertiary/aromatic N) is 2. The van der Waals surface area contributed by atoms with Gasteiger partial charge in [-0.1, -0.05) is 18.2 Å². The standard InChI is InChI=1S/C16H13N3O/c1-20-16-8-12(9-17)6-7-15(16)19-11-14-5-3-2-4-13(14)10-18/h2-8,19H,11H2,1H3. The first-order valence-electron chi connectivity index (χ1n) is 6.08. The Morgan fingerprint density at radius 1 is 1.10 bits per heavy atom. The summed E-state index contributed by atoms with van der Waals surface area (Å²) in [5.74, 6) is 0.610. The maximum absolute atomic E-state index is 9.05. The fourth-order valence-electron chi connectivity index (χ4n) is 1.88. The van der Waals surface area contributed by atoms with Crippen LogP contribution in [0.15, 0.2) is 42.5 Å². The number of nitrogens with one attached hydrogen (secondary N) is 1. The summed E-state index contributed by atoms with van der Waals surface area (Å²) in [6.45, 7) is 0.520. The van der Waals surface area contributed by atoms with Crippen molar-refractivity contribution in [1.29, 1.82) is 10.5 Å². The summed E-state index contributed by atoms with van der Waals surface area (Å²) in [5, 5.41) is 21.1. The van der Waals surface area contributed by atoms with Crippen molar-refractivity contribution in [2.24, 2.45) is 0 Å². The number of hydrogen-bond acceptors (Lipinski definition) is 4. The molecule has 0 saturated heterocycles. The molecule has 20 heavy (non-hydrogen) atoms. The van der Waals surface area contributed by atoms with Gasteiger partial charge in [0.25, 0.3) is 0 Å². The van der Waals surface area contributed by atoms with E-state index in [0.29, 0.717) is 23.4 Å². The van der Waals surface area contributed by atoms with Gasteiger partial charge >= 0.3 is 0 Å². The van der Waals surface area contributed by atoms with Crippen molar-refractivity contribution in [1.82, 2.24) is 0 Å². The average Bonchev–Trinajstić information content (AvgIpc) is 2.52. The van der Waals surface area contributed by atoms with E-state index in [2.05, 4.69) is 17.5 Å².